The van der Waals surface area contributed by atoms with Gasteiger partial charge in [0.25, 0.3) is 5.91 Å². The van der Waals surface area contributed by atoms with Crippen LogP contribution in [0.3, 0.4) is 0 Å². The maximum absolute atomic E-state index is 14.3. The molecule has 11 nitrogen and oxygen atoms in total. The Kier molecular flexibility index (Phi) is 12.2. The third-order valence-electron chi connectivity index (χ3n) is 9.05. The van der Waals surface area contributed by atoms with E-state index in [-0.39, 0.29) is 42.8 Å². The number of halogens is 3. The van der Waals surface area contributed by atoms with Crippen LogP contribution in [0.2, 0.25) is 0 Å². The van der Waals surface area contributed by atoms with Crippen molar-refractivity contribution in [1.29, 1.82) is 0 Å². The molecule has 3 N–H and O–H groups in total. The predicted octanol–water partition coefficient (Wildman–Crippen LogP) is 8.22. The van der Waals surface area contributed by atoms with Gasteiger partial charge < -0.3 is 25.0 Å². The Morgan fingerprint density at radius 2 is 1.70 bits per heavy atom. The Bertz CT molecular complexity index is 1650. The van der Waals surface area contributed by atoms with Gasteiger partial charge in [0.05, 0.1) is 37.3 Å². The maximum atomic E-state index is 14.3. The first-order valence-electron chi connectivity index (χ1n) is 16.9. The van der Waals surface area contributed by atoms with Crippen molar-refractivity contribution in [1.82, 2.24) is 14.9 Å². The van der Waals surface area contributed by atoms with Gasteiger partial charge in [0.2, 0.25) is 5.95 Å². The van der Waals surface area contributed by atoms with Crippen LogP contribution < -0.4 is 15.4 Å². The van der Waals surface area contributed by atoms with Crippen LogP contribution in [-0.4, -0.2) is 66.3 Å². The van der Waals surface area contributed by atoms with Crippen LogP contribution in [-0.2, 0) is 32.7 Å². The zero-order chi connectivity index (χ0) is 36.1. The van der Waals surface area contributed by atoms with Crippen LogP contribution >= 0.6 is 7.94 Å². The van der Waals surface area contributed by atoms with Gasteiger partial charge in [-0.1, -0.05) is 12.1 Å². The summed E-state index contributed by atoms with van der Waals surface area (Å²) in [6.07, 6.45) is 0.00305. The van der Waals surface area contributed by atoms with Crippen LogP contribution in [0, 0.1) is 5.92 Å². The average Bonchev–Trinajstić information content (AvgIpc) is 3.38. The molecule has 1 amide bonds. The number of hydrogen-bond donors (Lipinski definition) is 3. The predicted molar refractivity (Wildman–Crippen MR) is 186 cm³/mol. The minimum absolute atomic E-state index is 0.113. The normalized spacial score (nSPS) is 17.9. The van der Waals surface area contributed by atoms with E-state index in [0.717, 1.165) is 43.4 Å². The number of aromatic nitrogens is 2. The van der Waals surface area contributed by atoms with Gasteiger partial charge in [0.15, 0.2) is 6.16 Å². The van der Waals surface area contributed by atoms with Crippen molar-refractivity contribution in [3.63, 3.8) is 0 Å². The number of amides is 1. The first kappa shape index (κ1) is 37.7. The molecule has 0 atom stereocenters. The second kappa shape index (κ2) is 16.2. The minimum Gasteiger partial charge on any atom is -0.495 e. The molecular formula is C35H46F3N5O6P+. The molecular weight excluding hydrogens is 674 g/mol. The molecule has 1 fully saturated rings. The molecule has 15 heteroatoms. The molecule has 272 valence electrons. The number of carbonyl (C=O) groups is 1. The summed E-state index contributed by atoms with van der Waals surface area (Å²) < 4.78 is 65.0. The van der Waals surface area contributed by atoms with Crippen LogP contribution in [0.1, 0.15) is 85.0 Å². The first-order chi connectivity index (χ1) is 23.9. The average molecular weight is 721 g/mol. The van der Waals surface area contributed by atoms with E-state index in [1.54, 1.807) is 50.1 Å². The zero-order valence-electron chi connectivity index (χ0n) is 29.1. The highest BCUT2D eigenvalue weighted by Gasteiger charge is 2.41. The van der Waals surface area contributed by atoms with E-state index in [9.17, 15) is 22.9 Å². The SMILES string of the molecule is CCOCC1CCC(c2ccc(Nc3nc(Nc4ccc(C[P+](O)(OCC)OCC)cc4OC)ncc3C(F)(F)F)c3c2CN(C)C3=O)CC1. The number of methoxy groups -OCH3 is 1. The molecule has 1 saturated carbocycles. The van der Waals surface area contributed by atoms with Gasteiger partial charge >= 0.3 is 14.1 Å². The number of nitrogens with one attached hydrogen (secondary N) is 2. The monoisotopic (exact) mass is 720 g/mol. The lowest BCUT2D eigenvalue weighted by molar-refractivity contribution is -0.137. The van der Waals surface area contributed by atoms with E-state index in [2.05, 4.69) is 20.6 Å². The van der Waals surface area contributed by atoms with Gasteiger partial charge in [-0.2, -0.15) is 32.1 Å². The van der Waals surface area contributed by atoms with Crippen LogP contribution in [0.15, 0.2) is 36.5 Å². The molecule has 0 spiro atoms. The summed E-state index contributed by atoms with van der Waals surface area (Å²) in [5, 5.41) is 5.80. The van der Waals surface area contributed by atoms with Gasteiger partial charge in [-0.15, -0.1) is 0 Å². The fraction of sp³-hybridized carbons (Fsp3) is 0.514. The summed E-state index contributed by atoms with van der Waals surface area (Å²) in [5.41, 5.74) is 2.49. The molecule has 2 aliphatic rings. The number of ether oxygens (including phenoxy) is 2. The van der Waals surface area contributed by atoms with E-state index in [0.29, 0.717) is 47.8 Å². The number of rotatable bonds is 15. The van der Waals surface area contributed by atoms with E-state index in [1.807, 2.05) is 13.0 Å². The molecule has 1 aliphatic carbocycles. The molecule has 2 aromatic carbocycles. The summed E-state index contributed by atoms with van der Waals surface area (Å²) in [5.74, 6) is 0.219. The van der Waals surface area contributed by atoms with E-state index < -0.39 is 25.5 Å². The van der Waals surface area contributed by atoms with E-state index in [4.69, 9.17) is 18.5 Å². The second-order valence-corrected chi connectivity index (χ2v) is 14.6. The molecule has 0 bridgehead atoms. The van der Waals surface area contributed by atoms with E-state index in [1.165, 1.54) is 7.11 Å². The van der Waals surface area contributed by atoms with Crippen molar-refractivity contribution in [3.05, 3.63) is 64.3 Å². The molecule has 0 unspecified atom stereocenters. The minimum atomic E-state index is -4.77. The van der Waals surface area contributed by atoms with Gasteiger partial charge in [-0.05, 0) is 87.6 Å². The van der Waals surface area contributed by atoms with Crippen LogP contribution in [0.4, 0.5) is 36.3 Å². The van der Waals surface area contributed by atoms with Gasteiger partial charge in [0.1, 0.15) is 17.1 Å². The highest BCUT2D eigenvalue weighted by molar-refractivity contribution is 7.59. The number of carbonyl (C=O) groups excluding carboxylic acids is 1. The van der Waals surface area contributed by atoms with Crippen LogP contribution in [0.25, 0.3) is 0 Å². The standard InChI is InChI=1S/C35H45F3N5O6P/c1-6-47-20-22-9-12-24(13-10-22)25-14-16-29(31-26(25)19-43(4)33(31)44)40-32-27(35(36,37)38)18-39-34(42-32)41-28-15-11-23(17-30(28)46-5)21-50(45,48-7-2)49-8-3/h11,14-18,22,24,45H,6-10,12-13,19-21H2,1-5H3,(H-,39,40,41,42,44)/p+1. The second-order valence-electron chi connectivity index (χ2n) is 12.5. The Morgan fingerprint density at radius 3 is 2.34 bits per heavy atom. The Hall–Kier alpha value is -3.55. The van der Waals surface area contributed by atoms with Crippen molar-refractivity contribution in [2.45, 2.75) is 71.3 Å². The molecule has 5 rings (SSSR count). The Morgan fingerprint density at radius 1 is 1.00 bits per heavy atom. The Balaban J connectivity index is 1.43. The summed E-state index contributed by atoms with van der Waals surface area (Å²) in [6, 6.07) is 8.65. The lowest BCUT2D eigenvalue weighted by atomic mass is 9.77. The van der Waals surface area contributed by atoms with Gasteiger partial charge in [0, 0.05) is 38.6 Å². The Labute approximate surface area is 291 Å². The third kappa shape index (κ3) is 8.66. The van der Waals surface area contributed by atoms with Crippen molar-refractivity contribution in [3.8, 4) is 5.75 Å². The fourth-order valence-electron chi connectivity index (χ4n) is 6.68. The topological polar surface area (TPSA) is 127 Å². The molecule has 0 radical (unpaired) electrons. The van der Waals surface area contributed by atoms with Crippen molar-refractivity contribution in [2.75, 3.05) is 51.2 Å². The highest BCUT2D eigenvalue weighted by atomic mass is 31.2. The number of nitrogens with zero attached hydrogens (tertiary/aromatic N) is 3. The fourth-order valence-corrected chi connectivity index (χ4v) is 8.40. The summed E-state index contributed by atoms with van der Waals surface area (Å²) in [7, 11) is -0.00582. The largest absolute Gasteiger partial charge is 0.495 e. The molecule has 2 heterocycles. The number of anilines is 4. The molecule has 1 aromatic heterocycles. The van der Waals surface area contributed by atoms with Crippen molar-refractivity contribution >= 4 is 37.0 Å². The maximum Gasteiger partial charge on any atom is 0.421 e. The number of alkyl halides is 3. The molecule has 1 aliphatic heterocycles. The summed E-state index contributed by atoms with van der Waals surface area (Å²) in [6.45, 7) is 7.88. The lowest BCUT2D eigenvalue weighted by Gasteiger charge is -2.30. The zero-order valence-corrected chi connectivity index (χ0v) is 30.0. The molecule has 0 saturated heterocycles. The highest BCUT2D eigenvalue weighted by Crippen LogP contribution is 2.59. The number of benzene rings is 2. The van der Waals surface area contributed by atoms with E-state index >= 15 is 0 Å². The smallest absolute Gasteiger partial charge is 0.421 e. The quantitative estimate of drug-likeness (QED) is 0.132. The van der Waals surface area contributed by atoms with Crippen molar-refractivity contribution in [2.24, 2.45) is 5.92 Å². The van der Waals surface area contributed by atoms with Gasteiger partial charge in [-0.25, -0.2) is 4.98 Å². The number of hydrogen-bond acceptors (Lipinski definition) is 10. The lowest BCUT2D eigenvalue weighted by Crippen LogP contribution is -2.19. The summed E-state index contributed by atoms with van der Waals surface area (Å²) in [4.78, 5) is 34.0. The number of fused-ring (bicyclic) bond motifs is 1. The van der Waals surface area contributed by atoms with Gasteiger partial charge in [-0.3, -0.25) is 4.79 Å². The molecule has 50 heavy (non-hydrogen) atoms. The third-order valence-corrected chi connectivity index (χ3v) is 11.1. The van der Waals surface area contributed by atoms with Crippen LogP contribution in [0.5, 0.6) is 5.75 Å². The summed E-state index contributed by atoms with van der Waals surface area (Å²) >= 11 is 0. The van der Waals surface area contributed by atoms with Crippen molar-refractivity contribution < 1.29 is 41.4 Å². The first-order valence-corrected chi connectivity index (χ1v) is 18.7. The molecule has 3 aromatic rings.